The van der Waals surface area contributed by atoms with Gasteiger partial charge in [0.25, 0.3) is 0 Å². The van der Waals surface area contributed by atoms with Crippen molar-refractivity contribution in [2.24, 2.45) is 0 Å². The molecule has 1 saturated heterocycles. The first kappa shape index (κ1) is 12.0. The van der Waals surface area contributed by atoms with Gasteiger partial charge in [-0.05, 0) is 27.7 Å². The van der Waals surface area contributed by atoms with Crippen LogP contribution in [0.2, 0.25) is 0 Å². The zero-order valence-corrected chi connectivity index (χ0v) is 10.0. The summed E-state index contributed by atoms with van der Waals surface area (Å²) in [6, 6.07) is 0.581. The Kier molecular flexibility index (Phi) is 3.93. The fraction of sp³-hybridized carbons (Fsp3) is 1.00. The topological polar surface area (TPSA) is 21.7 Å². The van der Waals surface area contributed by atoms with E-state index in [1.807, 2.05) is 0 Å². The van der Waals surface area contributed by atoms with E-state index in [9.17, 15) is 0 Å². The third-order valence-electron chi connectivity index (χ3n) is 2.59. The summed E-state index contributed by atoms with van der Waals surface area (Å²) >= 11 is 0. The summed E-state index contributed by atoms with van der Waals surface area (Å²) < 4.78 is 11.1. The molecule has 1 heterocycles. The van der Waals surface area contributed by atoms with E-state index >= 15 is 0 Å². The monoisotopic (exact) mass is 201 g/mol. The SMILES string of the molecule is COC[C@H]1CN(C(C)C)CC(C)(C)O1. The first-order valence-corrected chi connectivity index (χ1v) is 5.35. The number of morpholine rings is 1. The lowest BCUT2D eigenvalue weighted by Crippen LogP contribution is -2.55. The molecule has 0 aromatic rings. The third-order valence-corrected chi connectivity index (χ3v) is 2.59. The van der Waals surface area contributed by atoms with Gasteiger partial charge in [-0.3, -0.25) is 4.90 Å². The van der Waals surface area contributed by atoms with E-state index in [-0.39, 0.29) is 11.7 Å². The fourth-order valence-electron chi connectivity index (χ4n) is 2.01. The summed E-state index contributed by atoms with van der Waals surface area (Å²) in [6.45, 7) is 11.4. The molecule has 0 N–H and O–H groups in total. The largest absolute Gasteiger partial charge is 0.382 e. The lowest BCUT2D eigenvalue weighted by Gasteiger charge is -2.44. The van der Waals surface area contributed by atoms with Crippen molar-refractivity contribution in [1.29, 1.82) is 0 Å². The van der Waals surface area contributed by atoms with Gasteiger partial charge in [-0.25, -0.2) is 0 Å². The molecular weight excluding hydrogens is 178 g/mol. The molecule has 84 valence electrons. The predicted molar refractivity (Wildman–Crippen MR) is 57.5 cm³/mol. The molecule has 0 saturated carbocycles. The van der Waals surface area contributed by atoms with E-state index in [0.29, 0.717) is 12.6 Å². The van der Waals surface area contributed by atoms with Crippen LogP contribution in [0.15, 0.2) is 0 Å². The second-order valence-electron chi connectivity index (χ2n) is 4.98. The summed E-state index contributed by atoms with van der Waals surface area (Å²) in [5.41, 5.74) is -0.0499. The Morgan fingerprint density at radius 2 is 2.14 bits per heavy atom. The lowest BCUT2D eigenvalue weighted by molar-refractivity contribution is -0.157. The molecule has 1 fully saturated rings. The average Bonchev–Trinajstić information content (AvgIpc) is 2.01. The Hall–Kier alpha value is -0.120. The molecule has 1 atom stereocenters. The standard InChI is InChI=1S/C11H23NO2/c1-9(2)12-6-10(7-13-5)14-11(3,4)8-12/h9-10H,6-8H2,1-5H3/t10-/m1/s1. The van der Waals surface area contributed by atoms with Crippen molar-refractivity contribution in [2.45, 2.75) is 45.4 Å². The van der Waals surface area contributed by atoms with Crippen molar-refractivity contribution in [3.8, 4) is 0 Å². The third kappa shape index (κ3) is 3.23. The van der Waals surface area contributed by atoms with E-state index < -0.39 is 0 Å². The Morgan fingerprint density at radius 3 is 2.64 bits per heavy atom. The van der Waals surface area contributed by atoms with E-state index in [1.165, 1.54) is 0 Å². The zero-order chi connectivity index (χ0) is 10.8. The van der Waals surface area contributed by atoms with Crippen LogP contribution in [0.4, 0.5) is 0 Å². The fourth-order valence-corrected chi connectivity index (χ4v) is 2.01. The quantitative estimate of drug-likeness (QED) is 0.691. The smallest absolute Gasteiger partial charge is 0.0942 e. The van der Waals surface area contributed by atoms with Gasteiger partial charge in [-0.2, -0.15) is 0 Å². The summed E-state index contributed by atoms with van der Waals surface area (Å²) in [7, 11) is 1.73. The van der Waals surface area contributed by atoms with E-state index in [1.54, 1.807) is 7.11 Å². The molecule has 3 heteroatoms. The second-order valence-corrected chi connectivity index (χ2v) is 4.98. The van der Waals surface area contributed by atoms with Crippen LogP contribution >= 0.6 is 0 Å². The summed E-state index contributed by atoms with van der Waals surface area (Å²) in [5.74, 6) is 0. The predicted octanol–water partition coefficient (Wildman–Crippen LogP) is 1.52. The molecule has 1 aliphatic rings. The lowest BCUT2D eigenvalue weighted by atomic mass is 10.0. The van der Waals surface area contributed by atoms with Crippen molar-refractivity contribution >= 4 is 0 Å². The molecular formula is C11H23NO2. The molecule has 0 aromatic heterocycles. The van der Waals surface area contributed by atoms with Crippen molar-refractivity contribution in [3.05, 3.63) is 0 Å². The van der Waals surface area contributed by atoms with E-state index in [0.717, 1.165) is 13.1 Å². The molecule has 1 aliphatic heterocycles. The Bertz CT molecular complexity index is 180. The number of methoxy groups -OCH3 is 1. The summed E-state index contributed by atoms with van der Waals surface area (Å²) in [6.07, 6.45) is 0.214. The highest BCUT2D eigenvalue weighted by Gasteiger charge is 2.34. The molecule has 0 radical (unpaired) electrons. The van der Waals surface area contributed by atoms with Crippen LogP contribution < -0.4 is 0 Å². The molecule has 0 unspecified atom stereocenters. The van der Waals surface area contributed by atoms with Crippen LogP contribution in [-0.4, -0.2) is 49.5 Å². The number of hydrogen-bond acceptors (Lipinski definition) is 3. The second kappa shape index (κ2) is 4.60. The van der Waals surface area contributed by atoms with Crippen LogP contribution in [0, 0.1) is 0 Å². The molecule has 14 heavy (non-hydrogen) atoms. The summed E-state index contributed by atoms with van der Waals surface area (Å²) in [5, 5.41) is 0. The highest BCUT2D eigenvalue weighted by Crippen LogP contribution is 2.22. The van der Waals surface area contributed by atoms with Gasteiger partial charge in [0.1, 0.15) is 0 Å². The average molecular weight is 201 g/mol. The number of ether oxygens (including phenoxy) is 2. The first-order valence-electron chi connectivity index (χ1n) is 5.35. The molecule has 3 nitrogen and oxygen atoms in total. The minimum Gasteiger partial charge on any atom is -0.382 e. The Balaban J connectivity index is 2.57. The number of hydrogen-bond donors (Lipinski definition) is 0. The normalized spacial score (nSPS) is 28.3. The molecule has 0 aromatic carbocycles. The van der Waals surface area contributed by atoms with Crippen molar-refractivity contribution < 1.29 is 9.47 Å². The molecule has 0 bridgehead atoms. The maximum absolute atomic E-state index is 5.93. The maximum Gasteiger partial charge on any atom is 0.0942 e. The molecule has 1 rings (SSSR count). The van der Waals surface area contributed by atoms with Crippen LogP contribution in [0.1, 0.15) is 27.7 Å². The van der Waals surface area contributed by atoms with Gasteiger partial charge >= 0.3 is 0 Å². The van der Waals surface area contributed by atoms with Crippen LogP contribution in [0.5, 0.6) is 0 Å². The van der Waals surface area contributed by atoms with Gasteiger partial charge in [0, 0.05) is 26.2 Å². The minimum atomic E-state index is -0.0499. The zero-order valence-electron chi connectivity index (χ0n) is 10.0. The molecule has 0 spiro atoms. The van der Waals surface area contributed by atoms with Gasteiger partial charge in [0.15, 0.2) is 0 Å². The summed E-state index contributed by atoms with van der Waals surface area (Å²) in [4.78, 5) is 2.45. The Morgan fingerprint density at radius 1 is 1.50 bits per heavy atom. The maximum atomic E-state index is 5.93. The van der Waals surface area contributed by atoms with Crippen molar-refractivity contribution in [1.82, 2.24) is 4.90 Å². The highest BCUT2D eigenvalue weighted by molar-refractivity contribution is 4.85. The number of rotatable bonds is 3. The van der Waals surface area contributed by atoms with Gasteiger partial charge < -0.3 is 9.47 Å². The van der Waals surface area contributed by atoms with Crippen LogP contribution in [0.25, 0.3) is 0 Å². The van der Waals surface area contributed by atoms with Gasteiger partial charge in [0.05, 0.1) is 18.3 Å². The van der Waals surface area contributed by atoms with Gasteiger partial charge in [0.2, 0.25) is 0 Å². The minimum absolute atomic E-state index is 0.0499. The van der Waals surface area contributed by atoms with Gasteiger partial charge in [-0.1, -0.05) is 0 Å². The van der Waals surface area contributed by atoms with Crippen LogP contribution in [-0.2, 0) is 9.47 Å². The van der Waals surface area contributed by atoms with Gasteiger partial charge in [-0.15, -0.1) is 0 Å². The van der Waals surface area contributed by atoms with Crippen molar-refractivity contribution in [3.63, 3.8) is 0 Å². The first-order chi connectivity index (χ1) is 6.44. The van der Waals surface area contributed by atoms with E-state index in [2.05, 4.69) is 32.6 Å². The highest BCUT2D eigenvalue weighted by atomic mass is 16.5. The van der Waals surface area contributed by atoms with Crippen molar-refractivity contribution in [2.75, 3.05) is 26.8 Å². The molecule has 0 aliphatic carbocycles. The van der Waals surface area contributed by atoms with Crippen LogP contribution in [0.3, 0.4) is 0 Å². The number of nitrogens with zero attached hydrogens (tertiary/aromatic N) is 1. The van der Waals surface area contributed by atoms with E-state index in [4.69, 9.17) is 9.47 Å². The Labute approximate surface area is 87.4 Å². The molecule has 0 amide bonds.